The van der Waals surface area contributed by atoms with Crippen molar-refractivity contribution in [3.05, 3.63) is 65.5 Å². The van der Waals surface area contributed by atoms with Gasteiger partial charge in [0.2, 0.25) is 5.91 Å². The van der Waals surface area contributed by atoms with Crippen LogP contribution in [0.25, 0.3) is 0 Å². The molecule has 1 amide bonds. The maximum atomic E-state index is 13.1. The number of halogens is 1. The second-order valence-corrected chi connectivity index (χ2v) is 8.05. The lowest BCUT2D eigenvalue weighted by Gasteiger charge is -2.37. The van der Waals surface area contributed by atoms with E-state index in [9.17, 15) is 9.18 Å². The first kappa shape index (κ1) is 21.2. The van der Waals surface area contributed by atoms with Gasteiger partial charge in [-0.3, -0.25) is 9.79 Å². The number of hydrogen-bond acceptors (Lipinski definition) is 3. The summed E-state index contributed by atoms with van der Waals surface area (Å²) in [7, 11) is 1.79. The van der Waals surface area contributed by atoms with Crippen LogP contribution in [-0.4, -0.2) is 61.4 Å². The first-order chi connectivity index (χ1) is 15.1. The van der Waals surface area contributed by atoms with Crippen molar-refractivity contribution >= 4 is 17.6 Å². The number of piperazine rings is 1. The Kier molecular flexibility index (Phi) is 6.70. The Hall–Kier alpha value is -3.09. The Balaban J connectivity index is 1.17. The molecule has 1 saturated heterocycles. The van der Waals surface area contributed by atoms with E-state index >= 15 is 0 Å². The number of amides is 1. The molecule has 4 rings (SSSR count). The molecular weight excluding hydrogens is 393 g/mol. The fourth-order valence-electron chi connectivity index (χ4n) is 4.27. The van der Waals surface area contributed by atoms with Crippen LogP contribution in [0.15, 0.2) is 53.5 Å². The lowest BCUT2D eigenvalue weighted by molar-refractivity contribution is -0.131. The molecule has 0 atom stereocenters. The third kappa shape index (κ3) is 5.16. The van der Waals surface area contributed by atoms with Crippen LogP contribution >= 0.6 is 0 Å². The minimum Gasteiger partial charge on any atom is -0.368 e. The number of guanidine groups is 1. The van der Waals surface area contributed by atoms with Crippen molar-refractivity contribution in [1.29, 1.82) is 0 Å². The van der Waals surface area contributed by atoms with E-state index in [1.165, 1.54) is 23.3 Å². The van der Waals surface area contributed by atoms with Crippen molar-refractivity contribution in [3.63, 3.8) is 0 Å². The van der Waals surface area contributed by atoms with E-state index in [0.29, 0.717) is 6.42 Å². The van der Waals surface area contributed by atoms with Crippen molar-refractivity contribution in [1.82, 2.24) is 15.1 Å². The van der Waals surface area contributed by atoms with Gasteiger partial charge < -0.3 is 20.0 Å². The van der Waals surface area contributed by atoms with Crippen molar-refractivity contribution in [2.24, 2.45) is 4.99 Å². The molecule has 31 heavy (non-hydrogen) atoms. The minimum absolute atomic E-state index is 0.209. The molecule has 1 N–H and O–H groups in total. The van der Waals surface area contributed by atoms with Gasteiger partial charge in [0.1, 0.15) is 5.82 Å². The number of rotatable bonds is 5. The molecule has 7 heteroatoms. The average Bonchev–Trinajstić information content (AvgIpc) is 3.24. The van der Waals surface area contributed by atoms with Gasteiger partial charge in [0.05, 0.1) is 0 Å². The predicted octanol–water partition coefficient (Wildman–Crippen LogP) is 2.85. The summed E-state index contributed by atoms with van der Waals surface area (Å²) in [6.45, 7) is 5.59. The molecule has 2 aromatic carbocycles. The van der Waals surface area contributed by atoms with Gasteiger partial charge in [-0.25, -0.2) is 4.39 Å². The molecule has 0 spiro atoms. The summed E-state index contributed by atoms with van der Waals surface area (Å²) >= 11 is 0. The molecule has 0 aromatic heterocycles. The quantitative estimate of drug-likeness (QED) is 0.457. The highest BCUT2D eigenvalue weighted by atomic mass is 19.1. The number of carbonyl (C=O) groups is 1. The fourth-order valence-corrected chi connectivity index (χ4v) is 4.27. The third-order valence-electron chi connectivity index (χ3n) is 6.03. The highest BCUT2D eigenvalue weighted by Crippen LogP contribution is 2.23. The van der Waals surface area contributed by atoms with Gasteiger partial charge in [-0.05, 0) is 41.8 Å². The van der Waals surface area contributed by atoms with Crippen molar-refractivity contribution in [3.8, 4) is 0 Å². The summed E-state index contributed by atoms with van der Waals surface area (Å²) in [6, 6.07) is 14.9. The lowest BCUT2D eigenvalue weighted by atomic mass is 10.1. The molecule has 0 aliphatic carbocycles. The van der Waals surface area contributed by atoms with Gasteiger partial charge in [-0.15, -0.1) is 0 Å². The number of nitrogens with zero attached hydrogens (tertiary/aromatic N) is 4. The van der Waals surface area contributed by atoms with Gasteiger partial charge in [-0.1, -0.05) is 24.3 Å². The number of anilines is 1. The zero-order valence-electron chi connectivity index (χ0n) is 18.1. The van der Waals surface area contributed by atoms with Crippen LogP contribution in [0.4, 0.5) is 10.1 Å². The molecule has 0 bridgehead atoms. The minimum atomic E-state index is -0.209. The molecule has 0 saturated carbocycles. The summed E-state index contributed by atoms with van der Waals surface area (Å²) in [4.78, 5) is 23.4. The highest BCUT2D eigenvalue weighted by molar-refractivity contribution is 5.80. The normalized spacial score (nSPS) is 16.5. The van der Waals surface area contributed by atoms with Crippen LogP contribution in [0.3, 0.4) is 0 Å². The molecule has 2 aliphatic rings. The van der Waals surface area contributed by atoms with Gasteiger partial charge in [0.15, 0.2) is 5.96 Å². The van der Waals surface area contributed by atoms with Crippen LogP contribution in [0.1, 0.15) is 24.0 Å². The number of hydrogen-bond donors (Lipinski definition) is 1. The van der Waals surface area contributed by atoms with Gasteiger partial charge in [0.25, 0.3) is 0 Å². The standard InChI is InChI=1S/C24H30FN5O/c1-26-24(29-15-13-28(14-16-29)22-10-8-21(25)9-11-22)27-12-4-7-23(31)30-17-19-5-2-3-6-20(19)18-30/h2-3,5-6,8-11H,4,7,12-18H2,1H3,(H,26,27). The Bertz CT molecular complexity index is 897. The number of aliphatic imine (C=N–C) groups is 1. The van der Waals surface area contributed by atoms with E-state index in [1.54, 1.807) is 7.05 Å². The molecule has 2 aliphatic heterocycles. The predicted molar refractivity (Wildman–Crippen MR) is 121 cm³/mol. The maximum absolute atomic E-state index is 13.1. The Morgan fingerprint density at radius 3 is 2.23 bits per heavy atom. The molecule has 1 fully saturated rings. The summed E-state index contributed by atoms with van der Waals surface area (Å²) in [5.41, 5.74) is 3.56. The third-order valence-corrected chi connectivity index (χ3v) is 6.03. The molecule has 2 aromatic rings. The zero-order chi connectivity index (χ0) is 21.6. The number of carbonyl (C=O) groups excluding carboxylic acids is 1. The van der Waals surface area contributed by atoms with E-state index < -0.39 is 0 Å². The summed E-state index contributed by atoms with van der Waals surface area (Å²) in [5.74, 6) is 0.875. The van der Waals surface area contributed by atoms with Crippen molar-refractivity contribution < 1.29 is 9.18 Å². The Labute approximate surface area is 183 Å². The second kappa shape index (κ2) is 9.81. The Morgan fingerprint density at radius 1 is 0.968 bits per heavy atom. The molecular formula is C24H30FN5O. The SMILES string of the molecule is CN=C(NCCCC(=O)N1Cc2ccccc2C1)N1CCN(c2ccc(F)cc2)CC1. The van der Waals surface area contributed by atoms with Gasteiger partial charge in [0, 0.05) is 65.0 Å². The smallest absolute Gasteiger partial charge is 0.223 e. The highest BCUT2D eigenvalue weighted by Gasteiger charge is 2.23. The van der Waals surface area contributed by atoms with E-state index in [2.05, 4.69) is 32.2 Å². The monoisotopic (exact) mass is 423 g/mol. The molecule has 6 nitrogen and oxygen atoms in total. The first-order valence-electron chi connectivity index (χ1n) is 10.9. The lowest BCUT2D eigenvalue weighted by Crippen LogP contribution is -2.52. The van der Waals surface area contributed by atoms with Crippen LogP contribution in [0.2, 0.25) is 0 Å². The Morgan fingerprint density at radius 2 is 1.61 bits per heavy atom. The maximum Gasteiger partial charge on any atom is 0.223 e. The molecule has 164 valence electrons. The first-order valence-corrected chi connectivity index (χ1v) is 10.9. The topological polar surface area (TPSA) is 51.2 Å². The van der Waals surface area contributed by atoms with Crippen molar-refractivity contribution in [2.75, 3.05) is 44.7 Å². The van der Waals surface area contributed by atoms with E-state index in [1.807, 2.05) is 29.2 Å². The van der Waals surface area contributed by atoms with Crippen LogP contribution in [0.5, 0.6) is 0 Å². The molecule has 0 unspecified atom stereocenters. The summed E-state index contributed by atoms with van der Waals surface area (Å²) < 4.78 is 13.1. The average molecular weight is 424 g/mol. The number of nitrogens with one attached hydrogen (secondary N) is 1. The van der Waals surface area contributed by atoms with E-state index in [4.69, 9.17) is 0 Å². The second-order valence-electron chi connectivity index (χ2n) is 8.05. The van der Waals surface area contributed by atoms with Gasteiger partial charge in [-0.2, -0.15) is 0 Å². The molecule has 0 radical (unpaired) electrons. The zero-order valence-corrected chi connectivity index (χ0v) is 18.1. The van der Waals surface area contributed by atoms with Crippen molar-refractivity contribution in [2.45, 2.75) is 25.9 Å². The van der Waals surface area contributed by atoms with E-state index in [-0.39, 0.29) is 11.7 Å². The summed E-state index contributed by atoms with van der Waals surface area (Å²) in [5, 5.41) is 3.40. The largest absolute Gasteiger partial charge is 0.368 e. The van der Waals surface area contributed by atoms with Crippen LogP contribution in [0, 0.1) is 5.82 Å². The molecule has 2 heterocycles. The number of benzene rings is 2. The van der Waals surface area contributed by atoms with Crippen LogP contribution in [-0.2, 0) is 17.9 Å². The van der Waals surface area contributed by atoms with Crippen LogP contribution < -0.4 is 10.2 Å². The summed E-state index contributed by atoms with van der Waals surface area (Å²) in [6.07, 6.45) is 1.32. The van der Waals surface area contributed by atoms with Gasteiger partial charge >= 0.3 is 0 Å². The van der Waals surface area contributed by atoms with E-state index in [0.717, 1.165) is 63.9 Å². The number of fused-ring (bicyclic) bond motifs is 1. The fraction of sp³-hybridized carbons (Fsp3) is 0.417.